The molecule has 0 spiro atoms. The minimum Gasteiger partial charge on any atom is -0.306 e. The second-order valence-corrected chi connectivity index (χ2v) is 5.92. The van der Waals surface area contributed by atoms with Crippen LogP contribution in [0.25, 0.3) is 0 Å². The Morgan fingerprint density at radius 3 is 2.89 bits per heavy atom. The molecule has 2 atom stereocenters. The molecular formula is C14H20Cl2N2. The third-order valence-electron chi connectivity index (χ3n) is 3.56. The monoisotopic (exact) mass is 286 g/mol. The van der Waals surface area contributed by atoms with Crippen molar-refractivity contribution in [2.24, 2.45) is 0 Å². The molecule has 0 bridgehead atoms. The predicted octanol–water partition coefficient (Wildman–Crippen LogP) is 3.74. The average Bonchev–Trinajstić information content (AvgIpc) is 2.32. The zero-order valence-electron chi connectivity index (χ0n) is 10.9. The summed E-state index contributed by atoms with van der Waals surface area (Å²) >= 11 is 12.3. The number of nitrogens with one attached hydrogen (secondary N) is 1. The SMILES string of the molecule is CC(NC1CCCN(C)C1)c1cccc(Cl)c1Cl. The molecule has 1 aliphatic rings. The highest BCUT2D eigenvalue weighted by atomic mass is 35.5. The highest BCUT2D eigenvalue weighted by molar-refractivity contribution is 6.42. The highest BCUT2D eigenvalue weighted by Gasteiger charge is 2.20. The number of hydrogen-bond acceptors (Lipinski definition) is 2. The quantitative estimate of drug-likeness (QED) is 0.911. The molecule has 0 aromatic heterocycles. The Kier molecular flexibility index (Phi) is 4.91. The van der Waals surface area contributed by atoms with E-state index in [0.717, 1.165) is 12.1 Å². The van der Waals surface area contributed by atoms with E-state index in [1.54, 1.807) is 0 Å². The summed E-state index contributed by atoms with van der Waals surface area (Å²) in [5.41, 5.74) is 1.08. The van der Waals surface area contributed by atoms with Gasteiger partial charge >= 0.3 is 0 Å². The van der Waals surface area contributed by atoms with Gasteiger partial charge in [-0.1, -0.05) is 35.3 Å². The van der Waals surface area contributed by atoms with Crippen LogP contribution < -0.4 is 5.32 Å². The van der Waals surface area contributed by atoms with Gasteiger partial charge in [-0.25, -0.2) is 0 Å². The fourth-order valence-electron chi connectivity index (χ4n) is 2.60. The topological polar surface area (TPSA) is 15.3 Å². The Bertz CT molecular complexity index is 409. The van der Waals surface area contributed by atoms with Crippen molar-refractivity contribution in [2.45, 2.75) is 31.8 Å². The van der Waals surface area contributed by atoms with Crippen molar-refractivity contribution < 1.29 is 0 Å². The summed E-state index contributed by atoms with van der Waals surface area (Å²) in [6.07, 6.45) is 2.48. The number of benzene rings is 1. The van der Waals surface area contributed by atoms with E-state index in [0.29, 0.717) is 16.1 Å². The van der Waals surface area contributed by atoms with Crippen molar-refractivity contribution in [3.63, 3.8) is 0 Å². The highest BCUT2D eigenvalue weighted by Crippen LogP contribution is 2.30. The first kappa shape index (κ1) is 14.1. The molecule has 18 heavy (non-hydrogen) atoms. The molecule has 2 rings (SSSR count). The van der Waals surface area contributed by atoms with Gasteiger partial charge < -0.3 is 10.2 Å². The Morgan fingerprint density at radius 2 is 2.17 bits per heavy atom. The lowest BCUT2D eigenvalue weighted by Gasteiger charge is -2.32. The maximum absolute atomic E-state index is 6.25. The first-order valence-corrected chi connectivity index (χ1v) is 7.22. The number of piperidine rings is 1. The Hall–Kier alpha value is -0.280. The van der Waals surface area contributed by atoms with Gasteiger partial charge in [0.25, 0.3) is 0 Å². The van der Waals surface area contributed by atoms with Gasteiger partial charge in [-0.15, -0.1) is 0 Å². The molecule has 0 amide bonds. The van der Waals surface area contributed by atoms with Gasteiger partial charge in [0.1, 0.15) is 0 Å². The Balaban J connectivity index is 2.02. The summed E-state index contributed by atoms with van der Waals surface area (Å²) < 4.78 is 0. The summed E-state index contributed by atoms with van der Waals surface area (Å²) in [4.78, 5) is 2.37. The number of halogens is 2. The standard InChI is InChI=1S/C14H20Cl2N2/c1-10(12-6-3-7-13(15)14(12)16)17-11-5-4-8-18(2)9-11/h3,6-7,10-11,17H,4-5,8-9H2,1-2H3. The molecule has 0 aliphatic carbocycles. The Morgan fingerprint density at radius 1 is 1.39 bits per heavy atom. The predicted molar refractivity (Wildman–Crippen MR) is 78.5 cm³/mol. The number of hydrogen-bond donors (Lipinski definition) is 1. The summed E-state index contributed by atoms with van der Waals surface area (Å²) in [5.74, 6) is 0. The minimum atomic E-state index is 0.229. The van der Waals surface area contributed by atoms with E-state index in [9.17, 15) is 0 Å². The molecule has 1 heterocycles. The van der Waals surface area contributed by atoms with Crippen LogP contribution in [0.1, 0.15) is 31.4 Å². The van der Waals surface area contributed by atoms with E-state index in [-0.39, 0.29) is 6.04 Å². The van der Waals surface area contributed by atoms with Crippen LogP contribution in [0, 0.1) is 0 Å². The zero-order chi connectivity index (χ0) is 13.1. The van der Waals surface area contributed by atoms with E-state index in [1.165, 1.54) is 19.4 Å². The number of nitrogens with zero attached hydrogens (tertiary/aromatic N) is 1. The lowest BCUT2D eigenvalue weighted by molar-refractivity contribution is 0.218. The van der Waals surface area contributed by atoms with E-state index < -0.39 is 0 Å². The molecule has 2 unspecified atom stereocenters. The van der Waals surface area contributed by atoms with Gasteiger partial charge in [0.15, 0.2) is 0 Å². The lowest BCUT2D eigenvalue weighted by Crippen LogP contribution is -2.44. The van der Waals surface area contributed by atoms with Gasteiger partial charge in [-0.2, -0.15) is 0 Å². The van der Waals surface area contributed by atoms with Gasteiger partial charge in [0, 0.05) is 18.6 Å². The molecule has 1 saturated heterocycles. The maximum Gasteiger partial charge on any atom is 0.0639 e. The molecular weight excluding hydrogens is 267 g/mol. The van der Waals surface area contributed by atoms with Crippen LogP contribution in [-0.2, 0) is 0 Å². The molecule has 1 N–H and O–H groups in total. The first-order chi connectivity index (χ1) is 8.58. The van der Waals surface area contributed by atoms with Crippen molar-refractivity contribution >= 4 is 23.2 Å². The lowest BCUT2D eigenvalue weighted by atomic mass is 10.0. The molecule has 1 fully saturated rings. The molecule has 1 aromatic carbocycles. The molecule has 0 radical (unpaired) electrons. The number of likely N-dealkylation sites (tertiary alicyclic amines) is 1. The average molecular weight is 287 g/mol. The first-order valence-electron chi connectivity index (χ1n) is 6.46. The van der Waals surface area contributed by atoms with Gasteiger partial charge in [-0.05, 0) is 45.0 Å². The fraction of sp³-hybridized carbons (Fsp3) is 0.571. The van der Waals surface area contributed by atoms with Crippen LogP contribution in [0.4, 0.5) is 0 Å². The zero-order valence-corrected chi connectivity index (χ0v) is 12.4. The Labute approximate surface area is 119 Å². The molecule has 1 aromatic rings. The van der Waals surface area contributed by atoms with Crippen molar-refractivity contribution in [1.82, 2.24) is 10.2 Å². The molecule has 1 aliphatic heterocycles. The van der Waals surface area contributed by atoms with E-state index in [1.807, 2.05) is 18.2 Å². The van der Waals surface area contributed by atoms with Gasteiger partial charge in [-0.3, -0.25) is 0 Å². The maximum atomic E-state index is 6.25. The molecule has 4 heteroatoms. The van der Waals surface area contributed by atoms with Crippen molar-refractivity contribution in [3.05, 3.63) is 33.8 Å². The van der Waals surface area contributed by atoms with Crippen LogP contribution in [0.2, 0.25) is 10.0 Å². The van der Waals surface area contributed by atoms with Crippen LogP contribution >= 0.6 is 23.2 Å². The second-order valence-electron chi connectivity index (χ2n) is 5.13. The summed E-state index contributed by atoms with van der Waals surface area (Å²) in [5, 5.41) is 4.95. The molecule has 100 valence electrons. The minimum absolute atomic E-state index is 0.229. The summed E-state index contributed by atoms with van der Waals surface area (Å²) in [7, 11) is 2.17. The molecule has 0 saturated carbocycles. The van der Waals surface area contributed by atoms with Crippen molar-refractivity contribution in [2.75, 3.05) is 20.1 Å². The molecule has 2 nitrogen and oxygen atoms in total. The van der Waals surface area contributed by atoms with Crippen LogP contribution in [0.3, 0.4) is 0 Å². The van der Waals surface area contributed by atoms with Crippen LogP contribution in [0.15, 0.2) is 18.2 Å². The third-order valence-corrected chi connectivity index (χ3v) is 4.39. The van der Waals surface area contributed by atoms with Gasteiger partial charge in [0.2, 0.25) is 0 Å². The summed E-state index contributed by atoms with van der Waals surface area (Å²) in [6, 6.07) is 6.59. The van der Waals surface area contributed by atoms with Crippen LogP contribution in [-0.4, -0.2) is 31.1 Å². The fourth-order valence-corrected chi connectivity index (χ4v) is 3.07. The van der Waals surface area contributed by atoms with Crippen LogP contribution in [0.5, 0.6) is 0 Å². The normalized spacial score (nSPS) is 23.0. The van der Waals surface area contributed by atoms with E-state index >= 15 is 0 Å². The van der Waals surface area contributed by atoms with Crippen molar-refractivity contribution in [1.29, 1.82) is 0 Å². The third kappa shape index (κ3) is 3.39. The van der Waals surface area contributed by atoms with Gasteiger partial charge in [0.05, 0.1) is 10.0 Å². The smallest absolute Gasteiger partial charge is 0.0639 e. The van der Waals surface area contributed by atoms with E-state index in [2.05, 4.69) is 24.2 Å². The van der Waals surface area contributed by atoms with E-state index in [4.69, 9.17) is 23.2 Å². The second kappa shape index (κ2) is 6.25. The largest absolute Gasteiger partial charge is 0.306 e. The number of rotatable bonds is 3. The number of likely N-dealkylation sites (N-methyl/N-ethyl adjacent to an activating group) is 1. The summed E-state index contributed by atoms with van der Waals surface area (Å²) in [6.45, 7) is 4.44. The van der Waals surface area contributed by atoms with Crippen molar-refractivity contribution in [3.8, 4) is 0 Å².